The first-order chi connectivity index (χ1) is 16.4. The first kappa shape index (κ1) is 22.2. The minimum Gasteiger partial charge on any atom is -0.481 e. The molecule has 0 aliphatic heterocycles. The van der Waals surface area contributed by atoms with Crippen molar-refractivity contribution < 1.29 is 14.7 Å². The Bertz CT molecular complexity index is 1490. The highest BCUT2D eigenvalue weighted by atomic mass is 16.4. The number of H-pyrrole nitrogens is 1. The van der Waals surface area contributed by atoms with Gasteiger partial charge in [0.2, 0.25) is 5.95 Å². The largest absolute Gasteiger partial charge is 0.481 e. The molecule has 5 rings (SSSR count). The van der Waals surface area contributed by atoms with Crippen LogP contribution in [-0.2, 0) is 4.79 Å². The quantitative estimate of drug-likeness (QED) is 0.270. The van der Waals surface area contributed by atoms with E-state index in [9.17, 15) is 4.79 Å². The molecular weight excluding hydrogens is 434 g/mol. The molecule has 6 N–H and O–H groups in total. The first-order valence-electron chi connectivity index (χ1n) is 10.2. The number of fused-ring (bicyclic) bond motifs is 2. The van der Waals surface area contributed by atoms with E-state index in [1.165, 1.54) is 0 Å². The van der Waals surface area contributed by atoms with Gasteiger partial charge in [-0.3, -0.25) is 14.7 Å². The third-order valence-corrected chi connectivity index (χ3v) is 4.73. The van der Waals surface area contributed by atoms with Crippen LogP contribution in [0.4, 0.5) is 23.1 Å². The number of aromatic amines is 1. The molecule has 0 unspecified atom stereocenters. The molecule has 10 heteroatoms. The first-order valence-corrected chi connectivity index (χ1v) is 10.2. The molecule has 2 heterocycles. The average molecular weight is 455 g/mol. The van der Waals surface area contributed by atoms with Crippen LogP contribution >= 0.6 is 0 Å². The molecule has 0 aliphatic carbocycles. The molecule has 0 fully saturated rings. The van der Waals surface area contributed by atoms with Crippen LogP contribution in [0.2, 0.25) is 0 Å². The summed E-state index contributed by atoms with van der Waals surface area (Å²) in [5.74, 6) is -0.382. The fourth-order valence-corrected chi connectivity index (χ4v) is 3.31. The number of carboxylic acid groups (broad SMARTS) is 1. The second-order valence-electron chi connectivity index (χ2n) is 7.29. The lowest BCUT2D eigenvalue weighted by molar-refractivity contribution is -0.134. The number of nitrogens with zero attached hydrogens (tertiary/aromatic N) is 3. The summed E-state index contributed by atoms with van der Waals surface area (Å²) in [5, 5.41) is 23.5. The summed E-state index contributed by atoms with van der Waals surface area (Å²) in [5.41, 5.74) is 8.15. The Morgan fingerprint density at radius 1 is 0.971 bits per heavy atom. The van der Waals surface area contributed by atoms with E-state index in [0.717, 1.165) is 28.9 Å². The summed E-state index contributed by atoms with van der Waals surface area (Å²) in [6, 6.07) is 21.0. The number of nitrogens with one attached hydrogen (secondary N) is 3. The Labute approximate surface area is 193 Å². The molecule has 170 valence electrons. The second kappa shape index (κ2) is 9.65. The fraction of sp³-hybridized carbons (Fsp3) is 0.0417. The average Bonchev–Trinajstić information content (AvgIpc) is 3.22. The molecule has 2 aromatic heterocycles. The number of amides is 1. The maximum absolute atomic E-state index is 12.9. The Hall–Kier alpha value is -4.99. The third kappa shape index (κ3) is 5.25. The predicted molar refractivity (Wildman–Crippen MR) is 131 cm³/mol. The number of anilines is 4. The highest BCUT2D eigenvalue weighted by Crippen LogP contribution is 2.24. The summed E-state index contributed by atoms with van der Waals surface area (Å²) >= 11 is 0. The van der Waals surface area contributed by atoms with Crippen LogP contribution in [0.5, 0.6) is 0 Å². The number of nitrogen functional groups attached to an aromatic ring is 1. The van der Waals surface area contributed by atoms with Crippen molar-refractivity contribution in [2.24, 2.45) is 0 Å². The zero-order valence-electron chi connectivity index (χ0n) is 18.1. The molecule has 0 atom stereocenters. The number of carboxylic acids is 1. The van der Waals surface area contributed by atoms with Crippen LogP contribution in [0.15, 0.2) is 72.9 Å². The number of benzene rings is 3. The molecule has 1 amide bonds. The van der Waals surface area contributed by atoms with E-state index in [1.807, 2.05) is 60.7 Å². The van der Waals surface area contributed by atoms with Gasteiger partial charge in [-0.15, -0.1) is 0 Å². The van der Waals surface area contributed by atoms with Gasteiger partial charge in [0.05, 0.1) is 5.52 Å². The topological polar surface area (TPSA) is 159 Å². The van der Waals surface area contributed by atoms with Gasteiger partial charge in [0.25, 0.3) is 11.9 Å². The van der Waals surface area contributed by atoms with Crippen molar-refractivity contribution in [3.63, 3.8) is 0 Å². The second-order valence-corrected chi connectivity index (χ2v) is 7.29. The van der Waals surface area contributed by atoms with Crippen LogP contribution < -0.4 is 16.4 Å². The van der Waals surface area contributed by atoms with Crippen molar-refractivity contribution in [2.45, 2.75) is 6.92 Å². The van der Waals surface area contributed by atoms with E-state index in [2.05, 4.69) is 30.8 Å². The SMILES string of the molecule is CC(=O)O.Nc1nccc(Nc2ccc3[nH]nc(C(=O)Nc4ccc5ccccc5c4)c3c2)n1. The number of carbonyl (C=O) groups excluding carboxylic acids is 1. The lowest BCUT2D eigenvalue weighted by Gasteiger charge is -2.07. The number of hydrogen-bond acceptors (Lipinski definition) is 7. The van der Waals surface area contributed by atoms with Crippen LogP contribution in [0.3, 0.4) is 0 Å². The van der Waals surface area contributed by atoms with Crippen molar-refractivity contribution in [1.82, 2.24) is 20.2 Å². The smallest absolute Gasteiger partial charge is 0.300 e. The normalized spacial score (nSPS) is 10.4. The van der Waals surface area contributed by atoms with Crippen LogP contribution in [0, 0.1) is 0 Å². The molecule has 3 aromatic carbocycles. The monoisotopic (exact) mass is 455 g/mol. The molecular formula is C24H21N7O3. The molecule has 5 aromatic rings. The zero-order valence-corrected chi connectivity index (χ0v) is 18.1. The van der Waals surface area contributed by atoms with E-state index in [1.54, 1.807) is 12.3 Å². The summed E-state index contributed by atoms with van der Waals surface area (Å²) in [4.78, 5) is 29.9. The molecule has 10 nitrogen and oxygen atoms in total. The number of nitrogens with two attached hydrogens (primary N) is 1. The summed E-state index contributed by atoms with van der Waals surface area (Å²) in [6.45, 7) is 1.08. The number of aliphatic carboxylic acids is 1. The Balaban J connectivity index is 0.000000636. The van der Waals surface area contributed by atoms with Crippen LogP contribution in [0.1, 0.15) is 17.4 Å². The minimum atomic E-state index is -0.833. The zero-order chi connectivity index (χ0) is 24.1. The predicted octanol–water partition coefficient (Wildman–Crippen LogP) is 4.18. The highest BCUT2D eigenvalue weighted by molar-refractivity contribution is 6.12. The van der Waals surface area contributed by atoms with Gasteiger partial charge in [0, 0.05) is 29.9 Å². The Kier molecular flexibility index (Phi) is 6.31. The lowest BCUT2D eigenvalue weighted by Crippen LogP contribution is -2.12. The van der Waals surface area contributed by atoms with E-state index >= 15 is 0 Å². The standard InChI is InChI=1S/C22H17N7O.C2H4O2/c23-22-24-10-9-19(27-22)25-16-7-8-18-17(12-16)20(29-28-18)21(30)26-15-6-5-13-3-1-2-4-14(13)11-15;1-2(3)4/h1-12H,(H,26,30)(H,28,29)(H3,23,24,25,27);1H3,(H,3,4). The molecule has 34 heavy (non-hydrogen) atoms. The van der Waals surface area contributed by atoms with Gasteiger partial charge < -0.3 is 21.5 Å². The van der Waals surface area contributed by atoms with Crippen molar-refractivity contribution >= 4 is 56.7 Å². The number of aromatic nitrogens is 4. The van der Waals surface area contributed by atoms with Crippen molar-refractivity contribution in [3.8, 4) is 0 Å². The van der Waals surface area contributed by atoms with Gasteiger partial charge in [0.1, 0.15) is 5.82 Å². The fourth-order valence-electron chi connectivity index (χ4n) is 3.31. The highest BCUT2D eigenvalue weighted by Gasteiger charge is 2.15. The van der Waals surface area contributed by atoms with Crippen molar-refractivity contribution in [2.75, 3.05) is 16.4 Å². The van der Waals surface area contributed by atoms with E-state index in [0.29, 0.717) is 22.6 Å². The van der Waals surface area contributed by atoms with Gasteiger partial charge in [-0.05, 0) is 47.2 Å². The van der Waals surface area contributed by atoms with Gasteiger partial charge in [-0.2, -0.15) is 10.1 Å². The van der Waals surface area contributed by atoms with Gasteiger partial charge in [0.15, 0.2) is 5.69 Å². The van der Waals surface area contributed by atoms with Gasteiger partial charge in [-0.1, -0.05) is 30.3 Å². The maximum atomic E-state index is 12.9. The summed E-state index contributed by atoms with van der Waals surface area (Å²) < 4.78 is 0. The van der Waals surface area contributed by atoms with Crippen molar-refractivity contribution in [1.29, 1.82) is 0 Å². The number of hydrogen-bond donors (Lipinski definition) is 5. The third-order valence-electron chi connectivity index (χ3n) is 4.73. The molecule has 0 radical (unpaired) electrons. The van der Waals surface area contributed by atoms with Crippen LogP contribution in [0.25, 0.3) is 21.7 Å². The van der Waals surface area contributed by atoms with Gasteiger partial charge in [-0.25, -0.2) is 4.98 Å². The molecule has 0 saturated carbocycles. The molecule has 0 saturated heterocycles. The maximum Gasteiger partial charge on any atom is 0.300 e. The summed E-state index contributed by atoms with van der Waals surface area (Å²) in [6.07, 6.45) is 1.57. The Morgan fingerprint density at radius 3 is 2.47 bits per heavy atom. The van der Waals surface area contributed by atoms with Gasteiger partial charge >= 0.3 is 0 Å². The van der Waals surface area contributed by atoms with E-state index in [-0.39, 0.29) is 11.9 Å². The van der Waals surface area contributed by atoms with E-state index < -0.39 is 5.97 Å². The molecule has 0 bridgehead atoms. The summed E-state index contributed by atoms with van der Waals surface area (Å²) in [7, 11) is 0. The van der Waals surface area contributed by atoms with Crippen LogP contribution in [-0.4, -0.2) is 37.1 Å². The molecule has 0 aliphatic rings. The Morgan fingerprint density at radius 2 is 1.71 bits per heavy atom. The number of carbonyl (C=O) groups is 2. The van der Waals surface area contributed by atoms with E-state index in [4.69, 9.17) is 15.6 Å². The van der Waals surface area contributed by atoms with Crippen molar-refractivity contribution in [3.05, 3.63) is 78.6 Å². The minimum absolute atomic E-state index is 0.180. The number of rotatable bonds is 4. The lowest BCUT2D eigenvalue weighted by atomic mass is 10.1. The molecule has 0 spiro atoms.